The third-order valence-corrected chi connectivity index (χ3v) is 4.76. The summed E-state index contributed by atoms with van der Waals surface area (Å²) in [7, 11) is 2.07. The predicted molar refractivity (Wildman–Crippen MR) is 89.2 cm³/mol. The molecule has 1 fully saturated rings. The van der Waals surface area contributed by atoms with E-state index in [4.69, 9.17) is 18.0 Å². The van der Waals surface area contributed by atoms with Gasteiger partial charge in [-0.25, -0.2) is 0 Å². The Balaban J connectivity index is 2.10. The molecule has 114 valence electrons. The molecule has 5 heteroatoms. The fraction of sp³-hybridized carbons (Fsp3) is 0.500. The van der Waals surface area contributed by atoms with Crippen LogP contribution < -0.4 is 11.1 Å². The fourth-order valence-electron chi connectivity index (χ4n) is 2.67. The molecule has 1 aromatic rings. The lowest BCUT2D eigenvalue weighted by Crippen LogP contribution is -2.61. The maximum Gasteiger partial charge on any atom is 0.228 e. The van der Waals surface area contributed by atoms with E-state index < -0.39 is 5.54 Å². The first-order valence-electron chi connectivity index (χ1n) is 7.30. The molecular formula is C16H23N3OS. The van der Waals surface area contributed by atoms with Crippen LogP contribution in [0.15, 0.2) is 30.3 Å². The number of amides is 1. The van der Waals surface area contributed by atoms with Crippen LogP contribution in [0.2, 0.25) is 0 Å². The summed E-state index contributed by atoms with van der Waals surface area (Å²) >= 11 is 5.23. The van der Waals surface area contributed by atoms with E-state index in [2.05, 4.69) is 17.3 Å². The van der Waals surface area contributed by atoms with Crippen molar-refractivity contribution in [3.63, 3.8) is 0 Å². The summed E-state index contributed by atoms with van der Waals surface area (Å²) in [6.45, 7) is 3.68. The van der Waals surface area contributed by atoms with Crippen LogP contribution in [-0.4, -0.2) is 41.5 Å². The lowest BCUT2D eigenvalue weighted by Gasteiger charge is -2.41. The molecule has 21 heavy (non-hydrogen) atoms. The van der Waals surface area contributed by atoms with E-state index in [-0.39, 0.29) is 11.8 Å². The number of nitrogens with two attached hydrogens (primary N) is 1. The largest absolute Gasteiger partial charge is 0.391 e. The maximum atomic E-state index is 12.6. The molecule has 0 saturated carbocycles. The average molecular weight is 305 g/mol. The zero-order valence-corrected chi connectivity index (χ0v) is 13.5. The van der Waals surface area contributed by atoms with Gasteiger partial charge in [-0.15, -0.1) is 0 Å². The molecule has 1 saturated heterocycles. The van der Waals surface area contributed by atoms with Crippen LogP contribution in [0.4, 0.5) is 0 Å². The molecule has 0 spiro atoms. The van der Waals surface area contributed by atoms with Crippen LogP contribution in [0.25, 0.3) is 0 Å². The molecule has 1 unspecified atom stereocenters. The molecule has 0 aromatic heterocycles. The summed E-state index contributed by atoms with van der Waals surface area (Å²) in [6, 6.07) is 9.76. The molecule has 1 aliphatic heterocycles. The predicted octanol–water partition coefficient (Wildman–Crippen LogP) is 1.66. The third kappa shape index (κ3) is 3.60. The van der Waals surface area contributed by atoms with E-state index in [0.717, 1.165) is 31.5 Å². The monoisotopic (exact) mass is 305 g/mol. The van der Waals surface area contributed by atoms with Crippen molar-refractivity contribution in [3.05, 3.63) is 35.9 Å². The Morgan fingerprint density at radius 3 is 2.43 bits per heavy atom. The van der Waals surface area contributed by atoms with E-state index in [9.17, 15) is 4.79 Å². The number of rotatable bonds is 4. The van der Waals surface area contributed by atoms with Crippen molar-refractivity contribution in [2.45, 2.75) is 31.2 Å². The number of nitrogens with zero attached hydrogens (tertiary/aromatic N) is 1. The van der Waals surface area contributed by atoms with Crippen molar-refractivity contribution < 1.29 is 4.79 Å². The first-order valence-corrected chi connectivity index (χ1v) is 7.71. The number of likely N-dealkylation sites (tertiary alicyclic amines) is 1. The standard InChI is InChI=1S/C16H23N3OS/c1-12(13-6-4-3-5-7-13)14(20)18-16(15(17)21)8-10-19(2)11-9-16/h3-7,12H,8-11H2,1-2H3,(H2,17,21)(H,18,20). The first kappa shape index (κ1) is 15.9. The van der Waals surface area contributed by atoms with Gasteiger partial charge in [0.15, 0.2) is 0 Å². The molecule has 1 aromatic carbocycles. The van der Waals surface area contributed by atoms with Gasteiger partial charge >= 0.3 is 0 Å². The Morgan fingerprint density at radius 2 is 1.90 bits per heavy atom. The highest BCUT2D eigenvalue weighted by molar-refractivity contribution is 7.80. The number of thiocarbonyl (C=S) groups is 1. The van der Waals surface area contributed by atoms with Crippen molar-refractivity contribution in [2.75, 3.05) is 20.1 Å². The van der Waals surface area contributed by atoms with Gasteiger partial charge in [0.2, 0.25) is 5.91 Å². The summed E-state index contributed by atoms with van der Waals surface area (Å²) in [6.07, 6.45) is 1.54. The van der Waals surface area contributed by atoms with E-state index in [1.807, 2.05) is 37.3 Å². The fourth-order valence-corrected chi connectivity index (χ4v) is 2.93. The lowest BCUT2D eigenvalue weighted by atomic mass is 9.86. The van der Waals surface area contributed by atoms with Gasteiger partial charge in [-0.2, -0.15) is 0 Å². The van der Waals surface area contributed by atoms with E-state index in [1.165, 1.54) is 0 Å². The molecule has 0 aliphatic carbocycles. The number of piperidine rings is 1. The summed E-state index contributed by atoms with van der Waals surface area (Å²) in [4.78, 5) is 15.2. The van der Waals surface area contributed by atoms with Crippen LogP contribution in [0.5, 0.6) is 0 Å². The van der Waals surface area contributed by atoms with E-state index >= 15 is 0 Å². The molecular weight excluding hydrogens is 282 g/mol. The van der Waals surface area contributed by atoms with Crippen molar-refractivity contribution in [1.82, 2.24) is 10.2 Å². The number of nitrogens with one attached hydrogen (secondary N) is 1. The van der Waals surface area contributed by atoms with Gasteiger partial charge in [-0.1, -0.05) is 42.5 Å². The van der Waals surface area contributed by atoms with E-state index in [1.54, 1.807) is 0 Å². The van der Waals surface area contributed by atoms with Gasteiger partial charge in [0.25, 0.3) is 0 Å². The summed E-state index contributed by atoms with van der Waals surface area (Å²) in [5.74, 6) is -0.226. The van der Waals surface area contributed by atoms with Gasteiger partial charge in [0, 0.05) is 13.1 Å². The Morgan fingerprint density at radius 1 is 1.33 bits per heavy atom. The van der Waals surface area contributed by atoms with Gasteiger partial charge in [-0.3, -0.25) is 4.79 Å². The highest BCUT2D eigenvalue weighted by atomic mass is 32.1. The van der Waals surface area contributed by atoms with Crippen LogP contribution in [-0.2, 0) is 4.79 Å². The van der Waals surface area contributed by atoms with Gasteiger partial charge < -0.3 is 16.0 Å². The van der Waals surface area contributed by atoms with E-state index in [0.29, 0.717) is 4.99 Å². The Bertz CT molecular complexity index is 510. The molecule has 0 radical (unpaired) electrons. The topological polar surface area (TPSA) is 58.4 Å². The SMILES string of the molecule is CC(C(=O)NC1(C(N)=S)CCN(C)CC1)c1ccccc1. The summed E-state index contributed by atoms with van der Waals surface area (Å²) in [5, 5.41) is 3.12. The minimum absolute atomic E-state index is 0.0152. The number of hydrogen-bond acceptors (Lipinski definition) is 3. The smallest absolute Gasteiger partial charge is 0.228 e. The quantitative estimate of drug-likeness (QED) is 0.831. The van der Waals surface area contributed by atoms with Gasteiger partial charge in [0.05, 0.1) is 16.4 Å². The van der Waals surface area contributed by atoms with Crippen LogP contribution in [0, 0.1) is 0 Å². The molecule has 0 bridgehead atoms. The minimum atomic E-state index is -0.540. The van der Waals surface area contributed by atoms with Crippen molar-refractivity contribution in [2.24, 2.45) is 5.73 Å². The number of carbonyl (C=O) groups excluding carboxylic acids is 1. The zero-order chi connectivity index (χ0) is 15.5. The highest BCUT2D eigenvalue weighted by Crippen LogP contribution is 2.24. The Kier molecular flexibility index (Phi) is 4.96. The number of hydrogen-bond donors (Lipinski definition) is 2. The third-order valence-electron chi connectivity index (χ3n) is 4.37. The molecule has 2 rings (SSSR count). The number of carbonyl (C=O) groups is 1. The van der Waals surface area contributed by atoms with Crippen molar-refractivity contribution >= 4 is 23.1 Å². The maximum absolute atomic E-state index is 12.6. The average Bonchev–Trinajstić information content (AvgIpc) is 2.49. The normalized spacial score (nSPS) is 19.7. The van der Waals surface area contributed by atoms with Crippen molar-refractivity contribution in [1.29, 1.82) is 0 Å². The summed E-state index contributed by atoms with van der Waals surface area (Å²) in [5.41, 5.74) is 6.39. The van der Waals surface area contributed by atoms with Crippen LogP contribution >= 0.6 is 12.2 Å². The van der Waals surface area contributed by atoms with Crippen LogP contribution in [0.3, 0.4) is 0 Å². The zero-order valence-electron chi connectivity index (χ0n) is 12.6. The Hall–Kier alpha value is -1.46. The molecule has 1 atom stereocenters. The van der Waals surface area contributed by atoms with Crippen molar-refractivity contribution in [3.8, 4) is 0 Å². The lowest BCUT2D eigenvalue weighted by molar-refractivity contribution is -0.123. The second kappa shape index (κ2) is 6.54. The van der Waals surface area contributed by atoms with Gasteiger partial charge in [-0.05, 0) is 32.4 Å². The Labute approximate surface area is 131 Å². The highest BCUT2D eigenvalue weighted by Gasteiger charge is 2.38. The second-order valence-electron chi connectivity index (χ2n) is 5.87. The molecule has 1 amide bonds. The molecule has 1 aliphatic rings. The van der Waals surface area contributed by atoms with Crippen LogP contribution in [0.1, 0.15) is 31.2 Å². The second-order valence-corrected chi connectivity index (χ2v) is 6.31. The molecule has 1 heterocycles. The molecule has 3 N–H and O–H groups in total. The number of benzene rings is 1. The summed E-state index contributed by atoms with van der Waals surface area (Å²) < 4.78 is 0. The van der Waals surface area contributed by atoms with Gasteiger partial charge in [0.1, 0.15) is 0 Å². The first-order chi connectivity index (χ1) is 9.94. The molecule has 4 nitrogen and oxygen atoms in total. The minimum Gasteiger partial charge on any atom is -0.391 e.